The first-order chi connectivity index (χ1) is 16.3. The summed E-state index contributed by atoms with van der Waals surface area (Å²) >= 11 is 2.21. The minimum absolute atomic E-state index is 0.150. The highest BCUT2D eigenvalue weighted by atomic mass is 32.2. The molecule has 0 radical (unpaired) electrons. The third-order valence-electron chi connectivity index (χ3n) is 5.54. The minimum atomic E-state index is -1.36. The maximum Gasteiger partial charge on any atom is 0.352 e. The number of amides is 2. The summed E-state index contributed by atoms with van der Waals surface area (Å²) in [7, 11) is 0. The molecule has 0 spiro atoms. The van der Waals surface area contributed by atoms with E-state index in [1.165, 1.54) is 11.8 Å². The molecule has 15 heteroatoms. The van der Waals surface area contributed by atoms with Gasteiger partial charge in [-0.2, -0.15) is 0 Å². The molecular formula is C19H21N7O6S2. The number of hydrogen-bond acceptors (Lipinski definition) is 10. The number of aromatic amines is 1. The summed E-state index contributed by atoms with van der Waals surface area (Å²) in [6, 6.07) is -1.83. The molecule has 34 heavy (non-hydrogen) atoms. The number of thioether (sulfide) groups is 2. The van der Waals surface area contributed by atoms with Crippen LogP contribution in [0, 0.1) is 0 Å². The maximum atomic E-state index is 12.9. The van der Waals surface area contributed by atoms with Crippen molar-refractivity contribution in [2.24, 2.45) is 5.73 Å². The summed E-state index contributed by atoms with van der Waals surface area (Å²) in [5.41, 5.74) is 6.79. The van der Waals surface area contributed by atoms with Gasteiger partial charge in [-0.25, -0.2) is 9.89 Å². The standard InChI is InChI=1S/C19H21N7O6S2/c20-12(8-4-2-1-3-5-8)15(29)21-13-16(30)26-14(18(31)32)9(7-33-17(13)26)10(6-11(27)28)34-19-22-24-25-23-19/h1-2,5,10,12-13,17H,3-4,6-7,20H2,(H,21,29)(H,27,28)(H,31,32)(H,22,23,24,25)/t10?,12?,13?,17-/m0/s1. The van der Waals surface area contributed by atoms with E-state index >= 15 is 0 Å². The number of hydrogen-bond donors (Lipinski definition) is 5. The van der Waals surface area contributed by atoms with Gasteiger partial charge in [0.25, 0.3) is 5.91 Å². The second-order valence-electron chi connectivity index (χ2n) is 7.65. The van der Waals surface area contributed by atoms with Crippen LogP contribution in [-0.4, -0.2) is 88.0 Å². The van der Waals surface area contributed by atoms with E-state index < -0.39 is 52.9 Å². The van der Waals surface area contributed by atoms with Crippen molar-refractivity contribution in [3.63, 3.8) is 0 Å². The molecule has 0 aromatic carbocycles. The van der Waals surface area contributed by atoms with Crippen LogP contribution in [0.1, 0.15) is 19.3 Å². The SMILES string of the molecule is NC(C(=O)NC1C(=O)N2C(C(=O)O)=C(C(CC(=O)O)Sc3nnn[nH]3)CS[C@@H]12)C1=CCC=CC1. The van der Waals surface area contributed by atoms with Gasteiger partial charge in [-0.3, -0.25) is 19.3 Å². The fourth-order valence-electron chi connectivity index (χ4n) is 3.90. The number of carboxylic acid groups (broad SMARTS) is 2. The summed E-state index contributed by atoms with van der Waals surface area (Å²) in [6.07, 6.45) is 6.59. The normalized spacial score (nSPS) is 23.5. The van der Waals surface area contributed by atoms with Crippen molar-refractivity contribution in [3.05, 3.63) is 35.1 Å². The molecule has 1 aromatic heterocycles. The Morgan fingerprint density at radius 2 is 2.15 bits per heavy atom. The van der Waals surface area contributed by atoms with Crippen LogP contribution in [0.2, 0.25) is 0 Å². The number of nitrogens with two attached hydrogens (primary N) is 1. The molecule has 1 aromatic rings. The highest BCUT2D eigenvalue weighted by Crippen LogP contribution is 2.44. The zero-order valence-electron chi connectivity index (χ0n) is 17.6. The van der Waals surface area contributed by atoms with Gasteiger partial charge in [0.05, 0.1) is 6.42 Å². The lowest BCUT2D eigenvalue weighted by molar-refractivity contribution is -0.150. The molecule has 1 fully saturated rings. The number of carboxylic acids is 2. The fraction of sp³-hybridized carbons (Fsp3) is 0.421. The van der Waals surface area contributed by atoms with E-state index in [1.807, 2.05) is 18.2 Å². The second-order valence-corrected chi connectivity index (χ2v) is 9.95. The first-order valence-electron chi connectivity index (χ1n) is 10.2. The smallest absolute Gasteiger partial charge is 0.352 e. The number of aliphatic carboxylic acids is 2. The summed E-state index contributed by atoms with van der Waals surface area (Å²) in [5.74, 6) is -3.46. The summed E-state index contributed by atoms with van der Waals surface area (Å²) < 4.78 is 0. The average molecular weight is 508 g/mol. The van der Waals surface area contributed by atoms with Crippen molar-refractivity contribution in [2.45, 2.75) is 47.1 Å². The van der Waals surface area contributed by atoms with E-state index in [-0.39, 0.29) is 22.2 Å². The largest absolute Gasteiger partial charge is 0.481 e. The van der Waals surface area contributed by atoms with E-state index in [1.54, 1.807) is 0 Å². The Hall–Kier alpha value is -3.17. The summed E-state index contributed by atoms with van der Waals surface area (Å²) in [5, 5.41) is 33.8. The van der Waals surface area contributed by atoms with Crippen molar-refractivity contribution < 1.29 is 29.4 Å². The highest BCUT2D eigenvalue weighted by Gasteiger charge is 2.55. The van der Waals surface area contributed by atoms with Crippen molar-refractivity contribution in [3.8, 4) is 0 Å². The third kappa shape index (κ3) is 4.71. The predicted octanol–water partition coefficient (Wildman–Crippen LogP) is -0.523. The number of aromatic nitrogens is 4. The number of carbonyl (C=O) groups is 4. The van der Waals surface area contributed by atoms with Crippen LogP contribution in [0.4, 0.5) is 0 Å². The summed E-state index contributed by atoms with van der Waals surface area (Å²) in [6.45, 7) is 0. The number of fused-ring (bicyclic) bond motifs is 1. The van der Waals surface area contributed by atoms with Crippen LogP contribution in [0.5, 0.6) is 0 Å². The molecule has 1 aliphatic carbocycles. The van der Waals surface area contributed by atoms with Gasteiger partial charge in [0.2, 0.25) is 11.1 Å². The first-order valence-corrected chi connectivity index (χ1v) is 12.1. The average Bonchev–Trinajstić information content (AvgIpc) is 3.33. The Bertz CT molecular complexity index is 1100. The van der Waals surface area contributed by atoms with Crippen LogP contribution in [0.3, 0.4) is 0 Å². The Kier molecular flexibility index (Phi) is 7.04. The second kappa shape index (κ2) is 9.99. The van der Waals surface area contributed by atoms with Gasteiger partial charge in [0, 0.05) is 11.0 Å². The van der Waals surface area contributed by atoms with Gasteiger partial charge in [-0.15, -0.1) is 16.9 Å². The monoisotopic (exact) mass is 507 g/mol. The molecule has 2 aliphatic heterocycles. The quantitative estimate of drug-likeness (QED) is 0.163. The van der Waals surface area contributed by atoms with Crippen LogP contribution >= 0.6 is 23.5 Å². The number of rotatable bonds is 9. The molecule has 3 aliphatic rings. The first kappa shape index (κ1) is 24.0. The molecular weight excluding hydrogens is 486 g/mol. The molecule has 180 valence electrons. The Morgan fingerprint density at radius 1 is 1.35 bits per heavy atom. The van der Waals surface area contributed by atoms with Crippen molar-refractivity contribution in [1.82, 2.24) is 30.8 Å². The molecule has 3 unspecified atom stereocenters. The zero-order valence-corrected chi connectivity index (χ0v) is 19.2. The van der Waals surface area contributed by atoms with E-state index in [9.17, 15) is 29.4 Å². The van der Waals surface area contributed by atoms with Gasteiger partial charge >= 0.3 is 11.9 Å². The Balaban J connectivity index is 1.53. The molecule has 3 heterocycles. The van der Waals surface area contributed by atoms with Gasteiger partial charge < -0.3 is 21.3 Å². The van der Waals surface area contributed by atoms with E-state index in [4.69, 9.17) is 5.73 Å². The number of β-lactam (4-membered cyclic amide) rings is 1. The van der Waals surface area contributed by atoms with Gasteiger partial charge in [-0.1, -0.05) is 30.0 Å². The molecule has 13 nitrogen and oxygen atoms in total. The highest BCUT2D eigenvalue weighted by molar-refractivity contribution is 8.01. The molecule has 0 bridgehead atoms. The molecule has 1 saturated heterocycles. The van der Waals surface area contributed by atoms with Gasteiger partial charge in [-0.05, 0) is 34.4 Å². The maximum absolute atomic E-state index is 12.9. The topological polar surface area (TPSA) is 204 Å². The minimum Gasteiger partial charge on any atom is -0.481 e. The zero-order chi connectivity index (χ0) is 24.4. The lowest BCUT2D eigenvalue weighted by Gasteiger charge is -2.50. The van der Waals surface area contributed by atoms with Gasteiger partial charge in [0.15, 0.2) is 0 Å². The third-order valence-corrected chi connectivity index (χ3v) is 7.98. The molecule has 0 saturated carbocycles. The van der Waals surface area contributed by atoms with Crippen molar-refractivity contribution in [1.29, 1.82) is 0 Å². The van der Waals surface area contributed by atoms with Crippen molar-refractivity contribution >= 4 is 47.3 Å². The Morgan fingerprint density at radius 3 is 2.76 bits per heavy atom. The van der Waals surface area contributed by atoms with E-state index in [0.29, 0.717) is 12.8 Å². The van der Waals surface area contributed by atoms with Crippen molar-refractivity contribution in [2.75, 3.05) is 5.75 Å². The molecule has 2 amide bonds. The lowest BCUT2D eigenvalue weighted by Crippen LogP contribution is -2.71. The van der Waals surface area contributed by atoms with Gasteiger partial charge in [0.1, 0.15) is 23.2 Å². The number of carbonyl (C=O) groups excluding carboxylic acids is 2. The fourth-order valence-corrected chi connectivity index (χ4v) is 6.44. The number of allylic oxidation sites excluding steroid dienone is 3. The molecule has 4 atom stereocenters. The number of nitrogens with one attached hydrogen (secondary N) is 2. The summed E-state index contributed by atoms with van der Waals surface area (Å²) in [4.78, 5) is 50.3. The van der Waals surface area contributed by atoms with Crippen LogP contribution in [0.15, 0.2) is 40.2 Å². The Labute approximate surface area is 201 Å². The molecule has 4 rings (SSSR count). The number of tetrazole rings is 1. The van der Waals surface area contributed by atoms with E-state index in [0.717, 1.165) is 22.2 Å². The van der Waals surface area contributed by atoms with Crippen LogP contribution in [-0.2, 0) is 19.2 Å². The number of H-pyrrole nitrogens is 1. The lowest BCUT2D eigenvalue weighted by atomic mass is 9.97. The van der Waals surface area contributed by atoms with Crippen LogP contribution in [0.25, 0.3) is 0 Å². The van der Waals surface area contributed by atoms with Crippen LogP contribution < -0.4 is 11.1 Å². The van der Waals surface area contributed by atoms with E-state index in [2.05, 4.69) is 25.9 Å². The molecule has 6 N–H and O–H groups in total. The number of nitrogens with zero attached hydrogens (tertiary/aromatic N) is 4. The predicted molar refractivity (Wildman–Crippen MR) is 120 cm³/mol.